The quantitative estimate of drug-likeness (QED) is 0.467. The van der Waals surface area contributed by atoms with E-state index in [4.69, 9.17) is 16.7 Å². The lowest BCUT2D eigenvalue weighted by Gasteiger charge is -2.12. The van der Waals surface area contributed by atoms with Gasteiger partial charge in [-0.1, -0.05) is 11.6 Å². The third-order valence-corrected chi connectivity index (χ3v) is 3.71. The molecule has 0 aliphatic heterocycles. The SMILES string of the molecule is CC(=O)N[C@@H](CSc1cc(F)c(Cl)cc1[N+](=O)[O-])C(=O)O. The Morgan fingerprint density at radius 3 is 2.67 bits per heavy atom. The van der Waals surface area contributed by atoms with Gasteiger partial charge in [-0.15, -0.1) is 11.8 Å². The normalized spacial score (nSPS) is 11.8. The molecule has 0 heterocycles. The fraction of sp³-hybridized carbons (Fsp3) is 0.273. The number of benzene rings is 1. The maximum absolute atomic E-state index is 13.4. The summed E-state index contributed by atoms with van der Waals surface area (Å²) < 4.78 is 13.4. The van der Waals surface area contributed by atoms with Crippen molar-refractivity contribution in [2.24, 2.45) is 0 Å². The van der Waals surface area contributed by atoms with Gasteiger partial charge in [0.05, 0.1) is 14.8 Å². The van der Waals surface area contributed by atoms with Gasteiger partial charge in [0.15, 0.2) is 0 Å². The first-order chi connectivity index (χ1) is 9.72. The molecule has 0 radical (unpaired) electrons. The van der Waals surface area contributed by atoms with E-state index in [1.807, 2.05) is 0 Å². The number of carbonyl (C=O) groups excluding carboxylic acids is 1. The number of thioether (sulfide) groups is 1. The van der Waals surface area contributed by atoms with Crippen LogP contribution in [0.15, 0.2) is 17.0 Å². The molecule has 21 heavy (non-hydrogen) atoms. The van der Waals surface area contributed by atoms with Gasteiger partial charge >= 0.3 is 5.97 Å². The number of hydrogen-bond acceptors (Lipinski definition) is 5. The van der Waals surface area contributed by atoms with Crippen LogP contribution < -0.4 is 5.32 Å². The van der Waals surface area contributed by atoms with Gasteiger partial charge in [0.25, 0.3) is 5.69 Å². The van der Waals surface area contributed by atoms with E-state index in [1.54, 1.807) is 0 Å². The summed E-state index contributed by atoms with van der Waals surface area (Å²) >= 11 is 6.21. The van der Waals surface area contributed by atoms with E-state index in [0.717, 1.165) is 30.8 Å². The van der Waals surface area contributed by atoms with Gasteiger partial charge in [0.1, 0.15) is 11.9 Å². The molecule has 1 amide bonds. The second kappa shape index (κ2) is 7.23. The maximum Gasteiger partial charge on any atom is 0.327 e. The summed E-state index contributed by atoms with van der Waals surface area (Å²) in [4.78, 5) is 31.9. The molecule has 0 unspecified atom stereocenters. The van der Waals surface area contributed by atoms with Gasteiger partial charge in [-0.2, -0.15) is 0 Å². The van der Waals surface area contributed by atoms with Crippen LogP contribution in [0.3, 0.4) is 0 Å². The van der Waals surface area contributed by atoms with E-state index in [0.29, 0.717) is 0 Å². The molecule has 1 aromatic rings. The summed E-state index contributed by atoms with van der Waals surface area (Å²) in [5.74, 6) is -2.90. The van der Waals surface area contributed by atoms with Crippen molar-refractivity contribution in [2.75, 3.05) is 5.75 Å². The molecule has 0 fully saturated rings. The smallest absolute Gasteiger partial charge is 0.327 e. The van der Waals surface area contributed by atoms with Crippen molar-refractivity contribution >= 4 is 40.9 Å². The molecule has 10 heteroatoms. The Morgan fingerprint density at radius 2 is 2.19 bits per heavy atom. The van der Waals surface area contributed by atoms with E-state index in [-0.39, 0.29) is 10.6 Å². The van der Waals surface area contributed by atoms with Gasteiger partial charge in [-0.25, -0.2) is 9.18 Å². The van der Waals surface area contributed by atoms with Crippen LogP contribution in [-0.4, -0.2) is 33.7 Å². The lowest BCUT2D eigenvalue weighted by Crippen LogP contribution is -2.41. The molecule has 0 aliphatic rings. The zero-order valence-corrected chi connectivity index (χ0v) is 12.2. The summed E-state index contributed by atoms with van der Waals surface area (Å²) in [7, 11) is 0. The molecule has 2 N–H and O–H groups in total. The number of carboxylic acid groups (broad SMARTS) is 1. The molecule has 0 saturated carbocycles. The Balaban J connectivity index is 2.96. The second-order valence-electron chi connectivity index (χ2n) is 3.89. The van der Waals surface area contributed by atoms with Crippen molar-refractivity contribution in [1.82, 2.24) is 5.32 Å². The van der Waals surface area contributed by atoms with Gasteiger partial charge in [0, 0.05) is 18.7 Å². The van der Waals surface area contributed by atoms with Crippen LogP contribution in [0.4, 0.5) is 10.1 Å². The molecular weight excluding hydrogens is 327 g/mol. The third kappa shape index (κ3) is 4.87. The monoisotopic (exact) mass is 336 g/mol. The molecule has 0 saturated heterocycles. The maximum atomic E-state index is 13.4. The van der Waals surface area contributed by atoms with Crippen molar-refractivity contribution < 1.29 is 24.0 Å². The highest BCUT2D eigenvalue weighted by atomic mass is 35.5. The Kier molecular flexibility index (Phi) is 5.91. The Morgan fingerprint density at radius 1 is 1.57 bits per heavy atom. The van der Waals surface area contributed by atoms with Gasteiger partial charge in [0.2, 0.25) is 5.91 Å². The van der Waals surface area contributed by atoms with Gasteiger partial charge in [-0.3, -0.25) is 14.9 Å². The number of nitrogens with one attached hydrogen (secondary N) is 1. The molecule has 114 valence electrons. The molecule has 0 spiro atoms. The minimum Gasteiger partial charge on any atom is -0.480 e. The van der Waals surface area contributed by atoms with Crippen molar-refractivity contribution in [3.05, 3.63) is 33.1 Å². The summed E-state index contributed by atoms with van der Waals surface area (Å²) in [6.07, 6.45) is 0. The largest absolute Gasteiger partial charge is 0.480 e. The van der Waals surface area contributed by atoms with Crippen molar-refractivity contribution in [3.63, 3.8) is 0 Å². The number of aliphatic carboxylic acids is 1. The Labute approximate surface area is 127 Å². The van der Waals surface area contributed by atoms with E-state index >= 15 is 0 Å². The molecule has 7 nitrogen and oxygen atoms in total. The predicted octanol–water partition coefficient (Wildman–Crippen LogP) is 2.07. The number of nitro benzene ring substituents is 1. The average molecular weight is 337 g/mol. The predicted molar refractivity (Wildman–Crippen MR) is 74.0 cm³/mol. The van der Waals surface area contributed by atoms with E-state index in [9.17, 15) is 24.1 Å². The summed E-state index contributed by atoms with van der Waals surface area (Å²) in [6.45, 7) is 1.14. The molecule has 0 aliphatic carbocycles. The minimum atomic E-state index is -1.30. The van der Waals surface area contributed by atoms with Crippen molar-refractivity contribution in [3.8, 4) is 0 Å². The second-order valence-corrected chi connectivity index (χ2v) is 5.36. The summed E-state index contributed by atoms with van der Waals surface area (Å²) in [5, 5.41) is 21.6. The molecule has 1 aromatic carbocycles. The number of carboxylic acids is 1. The molecule has 1 atom stereocenters. The number of halogens is 2. The Hall–Kier alpha value is -1.87. The summed E-state index contributed by atoms with van der Waals surface area (Å²) in [5.41, 5.74) is -0.432. The first-order valence-corrected chi connectivity index (χ1v) is 6.85. The highest BCUT2D eigenvalue weighted by Crippen LogP contribution is 2.33. The van der Waals surface area contributed by atoms with Crippen LogP contribution in [0, 0.1) is 15.9 Å². The minimum absolute atomic E-state index is 0.0708. The Bertz CT molecular complexity index is 598. The molecule has 0 aromatic heterocycles. The number of amides is 1. The zero-order valence-electron chi connectivity index (χ0n) is 10.6. The molecular formula is C11H10ClFN2O5S. The van der Waals surface area contributed by atoms with E-state index in [1.165, 1.54) is 0 Å². The van der Waals surface area contributed by atoms with Crippen LogP contribution in [0.25, 0.3) is 0 Å². The number of rotatable bonds is 6. The number of nitro groups is 1. The fourth-order valence-electron chi connectivity index (χ4n) is 1.37. The highest BCUT2D eigenvalue weighted by Gasteiger charge is 2.23. The first-order valence-electron chi connectivity index (χ1n) is 5.48. The summed E-state index contributed by atoms with van der Waals surface area (Å²) in [6, 6.07) is 0.469. The van der Waals surface area contributed by atoms with Crippen LogP contribution in [-0.2, 0) is 9.59 Å². The average Bonchev–Trinajstić information content (AvgIpc) is 2.36. The van der Waals surface area contributed by atoms with Gasteiger partial charge < -0.3 is 10.4 Å². The topological polar surface area (TPSA) is 110 Å². The van der Waals surface area contributed by atoms with E-state index in [2.05, 4.69) is 5.32 Å². The number of nitrogens with zero attached hydrogens (tertiary/aromatic N) is 1. The standard InChI is InChI=1S/C11H10ClFN2O5S/c1-5(16)14-8(11(17)18)4-21-10-3-7(13)6(12)2-9(10)15(19)20/h2-3,8H,4H2,1H3,(H,14,16)(H,17,18)/t8-/m0/s1. The highest BCUT2D eigenvalue weighted by molar-refractivity contribution is 7.99. The third-order valence-electron chi connectivity index (χ3n) is 2.28. The van der Waals surface area contributed by atoms with E-state index < -0.39 is 39.4 Å². The number of hydrogen-bond donors (Lipinski definition) is 2. The van der Waals surface area contributed by atoms with Crippen molar-refractivity contribution in [2.45, 2.75) is 17.9 Å². The first kappa shape index (κ1) is 17.2. The lowest BCUT2D eigenvalue weighted by atomic mass is 10.3. The van der Waals surface area contributed by atoms with Gasteiger partial charge in [-0.05, 0) is 6.07 Å². The molecule has 1 rings (SSSR count). The van der Waals surface area contributed by atoms with Crippen LogP contribution in [0.2, 0.25) is 5.02 Å². The lowest BCUT2D eigenvalue weighted by molar-refractivity contribution is -0.387. The van der Waals surface area contributed by atoms with Crippen LogP contribution in [0.5, 0.6) is 0 Å². The van der Waals surface area contributed by atoms with Crippen LogP contribution >= 0.6 is 23.4 Å². The van der Waals surface area contributed by atoms with Crippen molar-refractivity contribution in [1.29, 1.82) is 0 Å². The van der Waals surface area contributed by atoms with Crippen LogP contribution in [0.1, 0.15) is 6.92 Å². The fourth-order valence-corrected chi connectivity index (χ4v) is 2.57. The molecule has 0 bridgehead atoms. The zero-order chi connectivity index (χ0) is 16.2. The number of carbonyl (C=O) groups is 2.